The number of nitrogens with two attached hydrogens (primary N) is 1. The maximum absolute atomic E-state index is 11.2. The number of aliphatic hydroxyl groups is 18. The van der Waals surface area contributed by atoms with Gasteiger partial charge in [0.1, 0.15) is 152 Å². The van der Waals surface area contributed by atoms with Crippen LogP contribution in [0.5, 0.6) is 5.75 Å². The Morgan fingerprint density at radius 1 is 0.320 bits per heavy atom. The molecule has 0 saturated carbocycles. The first kappa shape index (κ1) is 60.7. The quantitative estimate of drug-likeness (QED) is 0.118. The predicted molar refractivity (Wildman–Crippen MR) is 236 cm³/mol. The highest BCUT2D eigenvalue weighted by Gasteiger charge is 2.58. The van der Waals surface area contributed by atoms with E-state index in [2.05, 4.69) is 15.9 Å². The van der Waals surface area contributed by atoms with E-state index in [4.69, 9.17) is 67.7 Å². The smallest absolute Gasteiger partial charge is 0.187 e. The number of phenolic OH excluding ortho intramolecular Hbond substituents is 1. The molecule has 0 radical (unpaired) electrons. The molecule has 0 amide bonds. The maximum Gasteiger partial charge on any atom is 0.187 e. The number of aliphatic hydroxyl groups excluding tert-OH is 18. The molecule has 22 heterocycles. The van der Waals surface area contributed by atoms with E-state index in [9.17, 15) is 91.9 Å². The van der Waals surface area contributed by atoms with E-state index in [1.54, 1.807) is 18.2 Å². The summed E-state index contributed by atoms with van der Waals surface area (Å²) in [5, 5.41) is 205. The SMILES string of the molecule is Nc1cccc(O)c1Br.OC[C@H]1O[C@@H]2O[C@H]3[C@H](O)[C@@H](O)[C@@H](O[C@H]4[C@H](O)[C@@H](O)[C@@H](O[C@H]5[C@H](O)[C@@H](O)[C@@H](O[C@H]6[C@H](O)[C@@H](O)[C@@H](O[C@H]7[C@H](O)[C@@H](O)[C@@H](O[C@H]1[C@H](O)[C@H]2O)O[C@@H]7CO)O[C@@H]6CO)O[C@@H]5CO)O[C@@H]4CO)O[C@@H]3CO. The molecule has 1 aromatic carbocycles. The Kier molecular flexibility index (Phi) is 21.2. The standard InChI is InChI=1S/C36H60O30.C6H6BrNO/c37-1-7-25-13(43)19(49)31(55-7)62-26-8(2-38)57-33(21(51)15(26)45)64-28-10(4-40)59-35(23(53)17(28)47)66-30-12(6-42)60-36(24(54)18(30)48)65-29-11(5-41)58-34(22(52)16(29)46)63-27-9(3-39)56-32(61-25)20(50)14(27)44;7-6-4(8)2-1-3-5(6)9/h7-54H,1-6H2;1-3,9H,8H2/t7-,8-,9-,10-,11-,12-,13-,14-,15-,16-,17-,18-,19-,20-,21-,22-,23-,24-,25-,26-,27-,28-,29-,30-,31-,32-,33-,34-,35-,36-;/m1./s1. The Morgan fingerprint density at radius 2 is 0.507 bits per heavy atom. The van der Waals surface area contributed by atoms with Crippen molar-refractivity contribution in [1.82, 2.24) is 0 Å². The van der Waals surface area contributed by atoms with E-state index < -0.39 is 224 Å². The monoisotopic (exact) mass is 1160 g/mol. The van der Waals surface area contributed by atoms with Crippen molar-refractivity contribution in [2.24, 2.45) is 0 Å². The molecule has 0 unspecified atom stereocenters. The summed E-state index contributed by atoms with van der Waals surface area (Å²) in [6, 6.07) is 4.97. The molecule has 22 aliphatic rings. The number of halogens is 1. The van der Waals surface area contributed by atoms with E-state index in [1.165, 1.54) is 0 Å². The minimum Gasteiger partial charge on any atom is -0.507 e. The van der Waals surface area contributed by atoms with Crippen molar-refractivity contribution < 1.29 is 154 Å². The molecule has 30 atom stereocenters. The van der Waals surface area contributed by atoms with Crippen molar-refractivity contribution in [3.8, 4) is 5.75 Å². The Labute approximate surface area is 432 Å². The Morgan fingerprint density at radius 3 is 0.653 bits per heavy atom. The minimum absolute atomic E-state index is 0.176. The fourth-order valence-electron chi connectivity index (χ4n) is 9.46. The summed E-state index contributed by atoms with van der Waals surface area (Å²) in [5.74, 6) is 0.176. The molecule has 0 aromatic heterocycles. The highest BCUT2D eigenvalue weighted by molar-refractivity contribution is 9.10. The van der Waals surface area contributed by atoms with Crippen LogP contribution < -0.4 is 5.73 Å². The van der Waals surface area contributed by atoms with Crippen LogP contribution in [0.1, 0.15) is 0 Å². The van der Waals surface area contributed by atoms with E-state index >= 15 is 0 Å². The zero-order chi connectivity index (χ0) is 54.9. The molecule has 23 rings (SSSR count). The van der Waals surface area contributed by atoms with Crippen molar-refractivity contribution in [1.29, 1.82) is 0 Å². The van der Waals surface area contributed by atoms with Crippen molar-refractivity contribution in [2.45, 2.75) is 184 Å². The van der Waals surface area contributed by atoms with Gasteiger partial charge in [-0.1, -0.05) is 6.07 Å². The highest BCUT2D eigenvalue weighted by Crippen LogP contribution is 2.38. The van der Waals surface area contributed by atoms with Gasteiger partial charge >= 0.3 is 0 Å². The topological polar surface area (TPSA) is 521 Å². The lowest BCUT2D eigenvalue weighted by Crippen LogP contribution is -2.69. The van der Waals surface area contributed by atoms with Crippen molar-refractivity contribution in [3.05, 3.63) is 22.7 Å². The van der Waals surface area contributed by atoms with Crippen LogP contribution in [0, 0.1) is 0 Å². The van der Waals surface area contributed by atoms with Crippen LogP contribution in [0.15, 0.2) is 22.7 Å². The van der Waals surface area contributed by atoms with Crippen LogP contribution in [-0.2, 0) is 56.8 Å². The lowest BCUT2D eigenvalue weighted by atomic mass is 9.94. The molecular weight excluding hydrogens is 1090 g/mol. The van der Waals surface area contributed by atoms with Crippen LogP contribution >= 0.6 is 15.9 Å². The molecular formula is C42H66BrNO31. The molecule has 22 saturated heterocycles. The molecule has 1 aromatic rings. The molecule has 432 valence electrons. The third-order valence-electron chi connectivity index (χ3n) is 13.7. The molecule has 22 aliphatic heterocycles. The first-order valence-corrected chi connectivity index (χ1v) is 24.3. The lowest BCUT2D eigenvalue weighted by Gasteiger charge is -2.50. The third kappa shape index (κ3) is 12.5. The largest absolute Gasteiger partial charge is 0.507 e. The average molecular weight is 1160 g/mol. The summed E-state index contributed by atoms with van der Waals surface area (Å²) in [6.07, 6.45) is -58.5. The molecule has 33 heteroatoms. The molecule has 32 nitrogen and oxygen atoms in total. The third-order valence-corrected chi connectivity index (χ3v) is 14.5. The maximum atomic E-state index is 11.2. The predicted octanol–water partition coefficient (Wildman–Crippen LogP) is -11.3. The normalized spacial score (nSPS) is 49.9. The summed E-state index contributed by atoms with van der Waals surface area (Å²) in [5.41, 5.74) is 5.96. The second-order valence-corrected chi connectivity index (χ2v) is 19.3. The van der Waals surface area contributed by atoms with E-state index in [-0.39, 0.29) is 5.75 Å². The summed E-state index contributed by atoms with van der Waals surface area (Å²) in [7, 11) is 0. The summed E-state index contributed by atoms with van der Waals surface area (Å²) in [4.78, 5) is 0. The van der Waals surface area contributed by atoms with E-state index in [0.717, 1.165) is 0 Å². The molecule has 0 aliphatic carbocycles. The average Bonchev–Trinajstić information content (AvgIpc) is 3.40. The van der Waals surface area contributed by atoms with Gasteiger partial charge < -0.3 is 160 Å². The number of nitrogen functional groups attached to an aromatic ring is 1. The van der Waals surface area contributed by atoms with Gasteiger partial charge in [-0.05, 0) is 28.1 Å². The van der Waals surface area contributed by atoms with E-state index in [1.807, 2.05) is 0 Å². The second-order valence-electron chi connectivity index (χ2n) is 18.5. The van der Waals surface area contributed by atoms with Crippen LogP contribution in [0.3, 0.4) is 0 Å². The Balaban J connectivity index is 0.000000824. The molecule has 21 N–H and O–H groups in total. The number of ether oxygens (including phenoxy) is 12. The van der Waals surface area contributed by atoms with E-state index in [0.29, 0.717) is 10.2 Å². The van der Waals surface area contributed by atoms with Gasteiger partial charge in [0.05, 0.1) is 44.1 Å². The fraction of sp³-hybridized carbons (Fsp3) is 0.857. The van der Waals surface area contributed by atoms with Gasteiger partial charge in [-0.2, -0.15) is 0 Å². The molecule has 0 spiro atoms. The Hall–Kier alpha value is -1.90. The summed E-state index contributed by atoms with van der Waals surface area (Å²) < 4.78 is 68.4. The number of phenols is 1. The molecule has 22 fully saturated rings. The van der Waals surface area contributed by atoms with Gasteiger partial charge in [0.2, 0.25) is 0 Å². The zero-order valence-corrected chi connectivity index (χ0v) is 40.7. The zero-order valence-electron chi connectivity index (χ0n) is 39.1. The molecule has 12 bridgehead atoms. The minimum atomic E-state index is -2.15. The second kappa shape index (κ2) is 26.1. The molecule has 75 heavy (non-hydrogen) atoms. The van der Waals surface area contributed by atoms with Gasteiger partial charge in [0, 0.05) is 5.69 Å². The highest BCUT2D eigenvalue weighted by atomic mass is 79.9. The van der Waals surface area contributed by atoms with Crippen LogP contribution in [-0.4, -0.2) is 321 Å². The van der Waals surface area contributed by atoms with Gasteiger partial charge in [-0.15, -0.1) is 0 Å². The summed E-state index contributed by atoms with van der Waals surface area (Å²) in [6.45, 7) is -5.99. The van der Waals surface area contributed by atoms with Gasteiger partial charge in [-0.25, -0.2) is 0 Å². The van der Waals surface area contributed by atoms with Crippen LogP contribution in [0.4, 0.5) is 5.69 Å². The van der Waals surface area contributed by atoms with Crippen LogP contribution in [0.25, 0.3) is 0 Å². The number of hydrogen-bond acceptors (Lipinski definition) is 32. The number of hydrogen-bond donors (Lipinski definition) is 20. The van der Waals surface area contributed by atoms with Gasteiger partial charge in [0.15, 0.2) is 37.7 Å². The number of benzene rings is 1. The number of anilines is 1. The first-order chi connectivity index (χ1) is 35.6. The lowest BCUT2D eigenvalue weighted by molar-refractivity contribution is -0.404. The van der Waals surface area contributed by atoms with Crippen molar-refractivity contribution in [2.75, 3.05) is 45.4 Å². The summed E-state index contributed by atoms with van der Waals surface area (Å²) >= 11 is 3.10. The fourth-order valence-corrected chi connectivity index (χ4v) is 9.73. The number of aromatic hydroxyl groups is 1. The number of rotatable bonds is 6. The van der Waals surface area contributed by atoms with Crippen LogP contribution in [0.2, 0.25) is 0 Å². The van der Waals surface area contributed by atoms with Gasteiger partial charge in [-0.3, -0.25) is 0 Å². The first-order valence-electron chi connectivity index (χ1n) is 23.5. The Bertz CT molecular complexity index is 1630. The van der Waals surface area contributed by atoms with Crippen molar-refractivity contribution >= 4 is 21.6 Å². The van der Waals surface area contributed by atoms with Crippen molar-refractivity contribution in [3.63, 3.8) is 0 Å². The van der Waals surface area contributed by atoms with Gasteiger partial charge in [0.25, 0.3) is 0 Å².